The van der Waals surface area contributed by atoms with Gasteiger partial charge in [-0.1, -0.05) is 303 Å². The quantitative estimate of drug-likeness (QED) is 0.0345. The molecule has 0 aromatic carbocycles. The van der Waals surface area contributed by atoms with Crippen LogP contribution in [0.3, 0.4) is 0 Å². The number of allylic oxidation sites excluding steroid dienone is 22. The molecule has 0 spiro atoms. The Labute approximate surface area is 477 Å². The molecular formula is C72H110O6. The van der Waals surface area contributed by atoms with Gasteiger partial charge in [0, 0.05) is 30.3 Å². The van der Waals surface area contributed by atoms with Gasteiger partial charge in [0.2, 0.25) is 5.78 Å². The molecule has 0 bridgehead atoms. The highest BCUT2D eigenvalue weighted by atomic mass is 16.5. The summed E-state index contributed by atoms with van der Waals surface area (Å²) in [6, 6.07) is 0. The highest BCUT2D eigenvalue weighted by Gasteiger charge is 2.40. The Morgan fingerprint density at radius 1 is 0.487 bits per heavy atom. The maximum atomic E-state index is 13.4. The van der Waals surface area contributed by atoms with Gasteiger partial charge >= 0.3 is 11.9 Å². The average molecular weight is 1070 g/mol. The summed E-state index contributed by atoms with van der Waals surface area (Å²) in [6.07, 6.45) is 63.5. The zero-order chi connectivity index (χ0) is 57.6. The van der Waals surface area contributed by atoms with E-state index in [4.69, 9.17) is 9.47 Å². The van der Waals surface area contributed by atoms with Crippen molar-refractivity contribution in [1.82, 2.24) is 0 Å². The Kier molecular flexibility index (Phi) is 35.8. The first-order chi connectivity index (χ1) is 37.3. The van der Waals surface area contributed by atoms with Crippen molar-refractivity contribution in [2.75, 3.05) is 0 Å². The van der Waals surface area contributed by atoms with Gasteiger partial charge in [-0.2, -0.15) is 0 Å². The van der Waals surface area contributed by atoms with Crippen LogP contribution in [0.15, 0.2) is 141 Å². The predicted molar refractivity (Wildman–Crippen MR) is 333 cm³/mol. The van der Waals surface area contributed by atoms with Crippen molar-refractivity contribution in [3.8, 4) is 0 Å². The van der Waals surface area contributed by atoms with Crippen LogP contribution in [0, 0.1) is 10.8 Å². The lowest BCUT2D eigenvalue weighted by Gasteiger charge is -2.36. The lowest BCUT2D eigenvalue weighted by atomic mass is 9.71. The molecule has 2 aliphatic rings. The summed E-state index contributed by atoms with van der Waals surface area (Å²) in [4.78, 5) is 52.3. The van der Waals surface area contributed by atoms with Crippen molar-refractivity contribution in [3.63, 3.8) is 0 Å². The first kappa shape index (κ1) is 69.3. The van der Waals surface area contributed by atoms with E-state index in [0.717, 1.165) is 72.0 Å². The molecule has 78 heavy (non-hydrogen) atoms. The van der Waals surface area contributed by atoms with Crippen LogP contribution in [0.25, 0.3) is 0 Å². The number of ether oxygens (including phenoxy) is 2. The van der Waals surface area contributed by atoms with Gasteiger partial charge in [-0.3, -0.25) is 19.2 Å². The zero-order valence-electron chi connectivity index (χ0n) is 51.7. The minimum absolute atomic E-state index is 0.0861. The van der Waals surface area contributed by atoms with Gasteiger partial charge in [-0.15, -0.1) is 0 Å². The number of carbonyl (C=O) groups is 4. The van der Waals surface area contributed by atoms with Crippen LogP contribution in [0.1, 0.15) is 269 Å². The Bertz CT molecular complexity index is 2170. The molecule has 0 aromatic heterocycles. The van der Waals surface area contributed by atoms with E-state index in [2.05, 4.69) is 105 Å². The number of unbranched alkanes of at least 4 members (excludes halogenated alkanes) is 24. The van der Waals surface area contributed by atoms with E-state index in [-0.39, 0.29) is 34.7 Å². The van der Waals surface area contributed by atoms with Crippen LogP contribution < -0.4 is 0 Å². The van der Waals surface area contributed by atoms with Crippen molar-refractivity contribution in [2.24, 2.45) is 10.8 Å². The lowest BCUT2D eigenvalue weighted by molar-refractivity contribution is -0.156. The second-order valence-electron chi connectivity index (χ2n) is 23.9. The molecule has 0 saturated heterocycles. The van der Waals surface area contributed by atoms with Crippen molar-refractivity contribution in [3.05, 3.63) is 141 Å². The molecule has 0 fully saturated rings. The number of hydrogen-bond acceptors (Lipinski definition) is 6. The molecule has 0 amide bonds. The Hall–Kier alpha value is -4.84. The van der Waals surface area contributed by atoms with E-state index in [1.807, 2.05) is 63.3 Å². The van der Waals surface area contributed by atoms with E-state index >= 15 is 0 Å². The maximum Gasteiger partial charge on any atom is 0.311 e. The second-order valence-corrected chi connectivity index (χ2v) is 23.9. The zero-order valence-corrected chi connectivity index (χ0v) is 51.7. The van der Waals surface area contributed by atoms with E-state index in [0.29, 0.717) is 30.4 Å². The maximum absolute atomic E-state index is 13.4. The van der Waals surface area contributed by atoms with Gasteiger partial charge in [0.1, 0.15) is 0 Å². The van der Waals surface area contributed by atoms with E-state index in [9.17, 15) is 19.2 Å². The SMILES string of the molecule is CCCCCCCCCCCCCCCC(=O)OC1=CC(C)(C)C(C=CC(C)=CC=CC(C)=CC=CC=C(C)C=CC=C(C)C=CC2=C(C)C(=O)C(OC(=O)CCCCCCCCCCCCCCC)CC2(C)C)=C(C)C1=O. The van der Waals surface area contributed by atoms with Gasteiger partial charge in [0.15, 0.2) is 17.6 Å². The molecule has 0 aromatic rings. The Morgan fingerprint density at radius 2 is 0.846 bits per heavy atom. The molecule has 6 nitrogen and oxygen atoms in total. The topological polar surface area (TPSA) is 86.7 Å². The summed E-state index contributed by atoms with van der Waals surface area (Å²) in [7, 11) is 0. The summed E-state index contributed by atoms with van der Waals surface area (Å²) in [5.74, 6) is -0.743. The number of ketones is 2. The number of rotatable bonds is 40. The molecule has 0 radical (unpaired) electrons. The minimum atomic E-state index is -0.720. The minimum Gasteiger partial charge on any atom is -0.454 e. The fraction of sp³-hybridized carbons (Fsp3) is 0.611. The van der Waals surface area contributed by atoms with Crippen LogP contribution >= 0.6 is 0 Å². The normalized spacial score (nSPS) is 17.8. The summed E-state index contributed by atoms with van der Waals surface area (Å²) < 4.78 is 11.4. The molecule has 1 unspecified atom stereocenters. The van der Waals surface area contributed by atoms with Crippen LogP contribution in [-0.2, 0) is 28.7 Å². The number of esters is 2. The van der Waals surface area contributed by atoms with Gasteiger partial charge in [-0.05, 0) is 82.6 Å². The molecule has 0 N–H and O–H groups in total. The van der Waals surface area contributed by atoms with Crippen molar-refractivity contribution in [2.45, 2.75) is 275 Å². The summed E-state index contributed by atoms with van der Waals surface area (Å²) >= 11 is 0. The monoisotopic (exact) mass is 1070 g/mol. The lowest BCUT2D eigenvalue weighted by Crippen LogP contribution is -2.39. The second kappa shape index (κ2) is 40.4. The standard InChI is InChI=1S/C72H110O6/c1-13-15-17-19-21-23-25-27-29-31-33-35-37-49-67(73)77-65-55-71(9,10)63(61(7)69(65)75)53-51-59(5)47-41-45-57(3)43-39-40-44-58(4)46-42-48-60(6)52-54-64-62(8)70(76)66(56-72(64,11)12)78-68(74)50-38-36-34-32-30-28-26-24-22-20-18-16-14-2/h39-48,51-55,66H,13-38,49-50,56H2,1-12H3. The molecule has 2 rings (SSSR count). The fourth-order valence-electron chi connectivity index (χ4n) is 10.4. The number of carbonyl (C=O) groups excluding carboxylic acids is 4. The van der Waals surface area contributed by atoms with Crippen LogP contribution in [-0.4, -0.2) is 29.6 Å². The average Bonchev–Trinajstić information content (AvgIpc) is 3.38. The third kappa shape index (κ3) is 29.9. The number of Topliss-reactive ketones (excluding diaryl/α,β-unsaturated/α-hetero) is 2. The molecule has 6 heteroatoms. The Morgan fingerprint density at radius 3 is 1.27 bits per heavy atom. The molecular weight excluding hydrogens is 961 g/mol. The third-order valence-corrected chi connectivity index (χ3v) is 15.4. The van der Waals surface area contributed by atoms with Crippen LogP contribution in [0.4, 0.5) is 0 Å². The third-order valence-electron chi connectivity index (χ3n) is 15.4. The highest BCUT2D eigenvalue weighted by molar-refractivity contribution is 6.09. The van der Waals surface area contributed by atoms with Crippen LogP contribution in [0.2, 0.25) is 0 Å². The van der Waals surface area contributed by atoms with E-state index in [1.54, 1.807) is 6.08 Å². The highest BCUT2D eigenvalue weighted by Crippen LogP contribution is 2.41. The molecule has 0 aliphatic heterocycles. The van der Waals surface area contributed by atoms with Gasteiger partial charge in [-0.25, -0.2) is 0 Å². The summed E-state index contributed by atoms with van der Waals surface area (Å²) in [5, 5.41) is 0. The first-order valence-electron chi connectivity index (χ1n) is 31.1. The first-order valence-corrected chi connectivity index (χ1v) is 31.1. The molecule has 434 valence electrons. The molecule has 2 aliphatic carbocycles. The van der Waals surface area contributed by atoms with Crippen molar-refractivity contribution < 1.29 is 28.7 Å². The van der Waals surface area contributed by atoms with Crippen molar-refractivity contribution in [1.29, 1.82) is 0 Å². The number of hydrogen-bond donors (Lipinski definition) is 0. The van der Waals surface area contributed by atoms with E-state index in [1.165, 1.54) is 128 Å². The van der Waals surface area contributed by atoms with Gasteiger partial charge in [0.25, 0.3) is 0 Å². The fourth-order valence-corrected chi connectivity index (χ4v) is 10.4. The summed E-state index contributed by atoms with van der Waals surface area (Å²) in [5.41, 5.74) is 6.73. The summed E-state index contributed by atoms with van der Waals surface area (Å²) in [6.45, 7) is 24.8. The van der Waals surface area contributed by atoms with Crippen molar-refractivity contribution >= 4 is 23.5 Å². The van der Waals surface area contributed by atoms with Gasteiger partial charge < -0.3 is 9.47 Å². The van der Waals surface area contributed by atoms with Gasteiger partial charge in [0.05, 0.1) is 0 Å². The molecule has 0 saturated carbocycles. The Balaban J connectivity index is 1.79. The molecule has 0 heterocycles. The van der Waals surface area contributed by atoms with Crippen LogP contribution in [0.5, 0.6) is 0 Å². The predicted octanol–water partition coefficient (Wildman–Crippen LogP) is 21.1. The smallest absolute Gasteiger partial charge is 0.311 e. The van der Waals surface area contributed by atoms with E-state index < -0.39 is 11.5 Å². The molecule has 1 atom stereocenters. The largest absolute Gasteiger partial charge is 0.454 e.